The molecule has 2 heterocycles. The van der Waals surface area contributed by atoms with Crippen molar-refractivity contribution in [2.75, 3.05) is 16.8 Å². The molecule has 0 radical (unpaired) electrons. The van der Waals surface area contributed by atoms with Gasteiger partial charge in [-0.15, -0.1) is 0 Å². The average Bonchev–Trinajstić information content (AvgIpc) is 3.25. The lowest BCUT2D eigenvalue weighted by atomic mass is 9.98. The third kappa shape index (κ3) is 3.97. The van der Waals surface area contributed by atoms with Crippen LogP contribution in [0.2, 0.25) is 0 Å². The molecule has 3 aromatic carbocycles. The molecule has 8 nitrogen and oxygen atoms in total. The van der Waals surface area contributed by atoms with Gasteiger partial charge in [0.25, 0.3) is 11.8 Å². The SMILES string of the molecule is NC(=O)CN1C(=O)C(NC(=O)c2cc3ccccc3[nH]2)C(c2ccccc2)Nc2ccccc21. The van der Waals surface area contributed by atoms with Gasteiger partial charge in [-0.2, -0.15) is 0 Å². The van der Waals surface area contributed by atoms with E-state index in [1.54, 1.807) is 18.2 Å². The summed E-state index contributed by atoms with van der Waals surface area (Å²) in [5, 5.41) is 7.19. The van der Waals surface area contributed by atoms with Gasteiger partial charge in [0.05, 0.1) is 17.4 Å². The summed E-state index contributed by atoms with van der Waals surface area (Å²) < 4.78 is 0. The zero-order valence-electron chi connectivity index (χ0n) is 18.2. The molecule has 0 saturated heterocycles. The van der Waals surface area contributed by atoms with E-state index in [1.165, 1.54) is 4.90 Å². The van der Waals surface area contributed by atoms with Gasteiger partial charge >= 0.3 is 0 Å². The molecule has 5 rings (SSSR count). The number of aromatic amines is 1. The van der Waals surface area contributed by atoms with E-state index in [9.17, 15) is 14.4 Å². The molecule has 2 unspecified atom stereocenters. The standard InChI is InChI=1S/C26H23N5O3/c27-22(32)15-31-21-13-7-6-12-19(21)29-23(16-8-2-1-3-9-16)24(26(31)34)30-25(33)20-14-17-10-4-5-11-18(17)28-20/h1-14,23-24,28-29H,15H2,(H2,27,32)(H,30,33). The third-order valence-electron chi connectivity index (χ3n) is 5.91. The Hall–Kier alpha value is -4.59. The van der Waals surface area contributed by atoms with E-state index in [-0.39, 0.29) is 6.54 Å². The number of primary amides is 1. The van der Waals surface area contributed by atoms with Gasteiger partial charge in [0.2, 0.25) is 5.91 Å². The molecule has 0 bridgehead atoms. The molecule has 1 aliphatic rings. The fourth-order valence-corrected chi connectivity index (χ4v) is 4.33. The number of nitrogens with one attached hydrogen (secondary N) is 3. The Labute approximate surface area is 195 Å². The Bertz CT molecular complexity index is 1350. The Kier molecular flexibility index (Phi) is 5.47. The minimum atomic E-state index is -1.01. The summed E-state index contributed by atoms with van der Waals surface area (Å²) in [5.41, 5.74) is 8.63. The van der Waals surface area contributed by atoms with Crippen molar-refractivity contribution in [3.05, 3.63) is 96.2 Å². The number of benzene rings is 3. The second-order valence-electron chi connectivity index (χ2n) is 8.16. The molecule has 170 valence electrons. The quantitative estimate of drug-likeness (QED) is 0.371. The molecule has 0 saturated carbocycles. The van der Waals surface area contributed by atoms with Crippen LogP contribution in [0.15, 0.2) is 84.9 Å². The lowest BCUT2D eigenvalue weighted by molar-refractivity contribution is -0.123. The van der Waals surface area contributed by atoms with Gasteiger partial charge in [0, 0.05) is 10.9 Å². The van der Waals surface area contributed by atoms with Crippen LogP contribution in [0, 0.1) is 0 Å². The lowest BCUT2D eigenvalue weighted by Gasteiger charge is -2.28. The van der Waals surface area contributed by atoms with E-state index in [0.29, 0.717) is 17.1 Å². The van der Waals surface area contributed by atoms with Gasteiger partial charge in [-0.05, 0) is 29.8 Å². The number of hydrogen-bond acceptors (Lipinski definition) is 4. The smallest absolute Gasteiger partial charge is 0.268 e. The summed E-state index contributed by atoms with van der Waals surface area (Å²) in [6, 6.07) is 24.3. The van der Waals surface area contributed by atoms with Crippen molar-refractivity contribution >= 4 is 40.0 Å². The number of hydrogen-bond donors (Lipinski definition) is 4. The number of nitrogens with two attached hydrogens (primary N) is 1. The molecule has 0 spiro atoms. The molecule has 4 aromatic rings. The summed E-state index contributed by atoms with van der Waals surface area (Å²) >= 11 is 0. The number of carbonyl (C=O) groups excluding carboxylic acids is 3. The van der Waals surface area contributed by atoms with E-state index < -0.39 is 29.8 Å². The average molecular weight is 454 g/mol. The number of H-pyrrole nitrogens is 1. The predicted octanol–water partition coefficient (Wildman–Crippen LogP) is 2.95. The van der Waals surface area contributed by atoms with Gasteiger partial charge in [0.1, 0.15) is 18.3 Å². The second-order valence-corrected chi connectivity index (χ2v) is 8.16. The molecule has 3 amide bonds. The molecule has 34 heavy (non-hydrogen) atoms. The number of carbonyl (C=O) groups is 3. The van der Waals surface area contributed by atoms with E-state index in [1.807, 2.05) is 66.7 Å². The number of para-hydroxylation sites is 3. The molecule has 1 aromatic heterocycles. The molecule has 5 N–H and O–H groups in total. The van der Waals surface area contributed by atoms with Crippen LogP contribution in [-0.4, -0.2) is 35.3 Å². The highest BCUT2D eigenvalue weighted by Gasteiger charge is 2.39. The van der Waals surface area contributed by atoms with Gasteiger partial charge in [0.15, 0.2) is 0 Å². The van der Waals surface area contributed by atoms with Crippen LogP contribution < -0.4 is 21.3 Å². The maximum absolute atomic E-state index is 13.8. The van der Waals surface area contributed by atoms with Gasteiger partial charge in [-0.3, -0.25) is 19.3 Å². The molecular weight excluding hydrogens is 430 g/mol. The fourth-order valence-electron chi connectivity index (χ4n) is 4.33. The summed E-state index contributed by atoms with van der Waals surface area (Å²) in [6.07, 6.45) is 0. The number of amides is 3. The minimum absolute atomic E-state index is 0.308. The van der Waals surface area contributed by atoms with Crippen molar-refractivity contribution in [2.45, 2.75) is 12.1 Å². The van der Waals surface area contributed by atoms with Gasteiger partial charge in [-0.1, -0.05) is 60.7 Å². The van der Waals surface area contributed by atoms with E-state index >= 15 is 0 Å². The van der Waals surface area contributed by atoms with Gasteiger partial charge in [-0.25, -0.2) is 0 Å². The molecule has 2 atom stereocenters. The first-order valence-electron chi connectivity index (χ1n) is 10.9. The molecule has 1 aliphatic heterocycles. The highest BCUT2D eigenvalue weighted by molar-refractivity contribution is 6.08. The van der Waals surface area contributed by atoms with E-state index in [2.05, 4.69) is 15.6 Å². The van der Waals surface area contributed by atoms with E-state index in [0.717, 1.165) is 16.5 Å². The van der Waals surface area contributed by atoms with Crippen LogP contribution in [0.25, 0.3) is 10.9 Å². The van der Waals surface area contributed by atoms with Crippen molar-refractivity contribution in [1.29, 1.82) is 0 Å². The first kappa shape index (κ1) is 21.3. The van der Waals surface area contributed by atoms with E-state index in [4.69, 9.17) is 5.73 Å². The largest absolute Gasteiger partial charge is 0.374 e. The number of fused-ring (bicyclic) bond motifs is 2. The number of anilines is 2. The monoisotopic (exact) mass is 453 g/mol. The number of rotatable bonds is 5. The maximum Gasteiger partial charge on any atom is 0.268 e. The third-order valence-corrected chi connectivity index (χ3v) is 5.91. The van der Waals surface area contributed by atoms with Crippen LogP contribution >= 0.6 is 0 Å². The number of nitrogens with zero attached hydrogens (tertiary/aromatic N) is 1. The molecule has 0 aliphatic carbocycles. The zero-order valence-corrected chi connectivity index (χ0v) is 18.2. The lowest BCUT2D eigenvalue weighted by Crippen LogP contribution is -2.53. The van der Waals surface area contributed by atoms with Crippen LogP contribution in [0.3, 0.4) is 0 Å². The minimum Gasteiger partial charge on any atom is -0.374 e. The van der Waals surface area contributed by atoms with Crippen molar-refractivity contribution in [3.8, 4) is 0 Å². The fraction of sp³-hybridized carbons (Fsp3) is 0.115. The van der Waals surface area contributed by atoms with Crippen molar-refractivity contribution in [3.63, 3.8) is 0 Å². The van der Waals surface area contributed by atoms with Crippen LogP contribution in [0.5, 0.6) is 0 Å². The van der Waals surface area contributed by atoms with Crippen LogP contribution in [0.1, 0.15) is 22.1 Å². The first-order valence-corrected chi connectivity index (χ1v) is 10.9. The normalized spacial score (nSPS) is 17.5. The molecule has 0 fully saturated rings. The highest BCUT2D eigenvalue weighted by Crippen LogP contribution is 2.35. The summed E-state index contributed by atoms with van der Waals surface area (Å²) in [5.74, 6) is -1.51. The van der Waals surface area contributed by atoms with Crippen molar-refractivity contribution in [2.24, 2.45) is 5.73 Å². The first-order chi connectivity index (χ1) is 16.5. The summed E-state index contributed by atoms with van der Waals surface area (Å²) in [4.78, 5) is 43.4. The Morgan fingerprint density at radius 3 is 2.41 bits per heavy atom. The second kappa shape index (κ2) is 8.74. The zero-order chi connectivity index (χ0) is 23.7. The van der Waals surface area contributed by atoms with Crippen LogP contribution in [-0.2, 0) is 9.59 Å². The Morgan fingerprint density at radius 2 is 1.65 bits per heavy atom. The number of aromatic nitrogens is 1. The molecular formula is C26H23N5O3. The topological polar surface area (TPSA) is 120 Å². The Balaban J connectivity index is 1.57. The maximum atomic E-state index is 13.8. The van der Waals surface area contributed by atoms with Crippen molar-refractivity contribution in [1.82, 2.24) is 10.3 Å². The predicted molar refractivity (Wildman–Crippen MR) is 130 cm³/mol. The van der Waals surface area contributed by atoms with Gasteiger partial charge < -0.3 is 21.4 Å². The Morgan fingerprint density at radius 1 is 0.941 bits per heavy atom. The highest BCUT2D eigenvalue weighted by atomic mass is 16.2. The van der Waals surface area contributed by atoms with Crippen molar-refractivity contribution < 1.29 is 14.4 Å². The molecule has 8 heteroatoms. The summed E-state index contributed by atoms with van der Waals surface area (Å²) in [6.45, 7) is -0.308. The summed E-state index contributed by atoms with van der Waals surface area (Å²) in [7, 11) is 0. The van der Waals surface area contributed by atoms with Crippen LogP contribution in [0.4, 0.5) is 11.4 Å².